The minimum atomic E-state index is -1.32. The smallest absolute Gasteiger partial charge is 0.317 e. The maximum Gasteiger partial charge on any atom is 0.317 e. The molecule has 0 aliphatic heterocycles. The lowest BCUT2D eigenvalue weighted by molar-refractivity contribution is -0.166. The lowest BCUT2D eigenvalue weighted by Gasteiger charge is -2.26. The number of aliphatic carboxylic acids is 2. The average Bonchev–Trinajstić information content (AvgIpc) is 2.22. The van der Waals surface area contributed by atoms with Gasteiger partial charge in [-0.1, -0.05) is 0 Å². The van der Waals surface area contributed by atoms with E-state index in [2.05, 4.69) is 9.47 Å². The number of rotatable bonds is 10. The second-order valence-electron chi connectivity index (χ2n) is 2.82. The molecule has 0 fully saturated rings. The zero-order chi connectivity index (χ0) is 13.3. The van der Waals surface area contributed by atoms with Crippen LogP contribution in [-0.4, -0.2) is 59.5 Å². The standard InChI is InChI=1S/C8H11NO8/c10-4-16-3-9(2-8(14)15)6(17-5-11)1-7(12)13/h4-6H,1-3H2,(H,12,13)(H,14,15). The summed E-state index contributed by atoms with van der Waals surface area (Å²) in [5.74, 6) is -2.58. The molecule has 1 unspecified atom stereocenters. The van der Waals surface area contributed by atoms with Crippen molar-refractivity contribution < 1.29 is 38.9 Å². The van der Waals surface area contributed by atoms with Gasteiger partial charge in [-0.15, -0.1) is 0 Å². The maximum absolute atomic E-state index is 10.5. The van der Waals surface area contributed by atoms with Crippen molar-refractivity contribution in [3.05, 3.63) is 0 Å². The summed E-state index contributed by atoms with van der Waals surface area (Å²) in [6, 6.07) is 0. The Labute approximate surface area is 95.5 Å². The lowest BCUT2D eigenvalue weighted by Crippen LogP contribution is -2.43. The van der Waals surface area contributed by atoms with Crippen molar-refractivity contribution in [2.45, 2.75) is 12.6 Å². The molecule has 0 aromatic rings. The van der Waals surface area contributed by atoms with Gasteiger partial charge in [0, 0.05) is 0 Å². The van der Waals surface area contributed by atoms with Gasteiger partial charge in [0.25, 0.3) is 12.9 Å². The topological polar surface area (TPSA) is 130 Å². The highest BCUT2D eigenvalue weighted by molar-refractivity contribution is 5.70. The van der Waals surface area contributed by atoms with Crippen molar-refractivity contribution in [1.82, 2.24) is 4.90 Å². The molecule has 9 nitrogen and oxygen atoms in total. The van der Waals surface area contributed by atoms with Gasteiger partial charge in [0.2, 0.25) is 0 Å². The average molecular weight is 249 g/mol. The Balaban J connectivity index is 4.63. The van der Waals surface area contributed by atoms with Gasteiger partial charge in [-0.3, -0.25) is 19.2 Å². The predicted octanol–water partition coefficient (Wildman–Crippen LogP) is -1.52. The fourth-order valence-corrected chi connectivity index (χ4v) is 1.01. The van der Waals surface area contributed by atoms with Gasteiger partial charge < -0.3 is 19.7 Å². The Bertz CT molecular complexity index is 291. The molecule has 0 saturated carbocycles. The van der Waals surface area contributed by atoms with Crippen molar-refractivity contribution >= 4 is 24.9 Å². The van der Waals surface area contributed by atoms with E-state index >= 15 is 0 Å². The molecule has 0 rings (SSSR count). The number of nitrogens with zero attached hydrogens (tertiary/aromatic N) is 1. The number of carboxylic acid groups (broad SMARTS) is 2. The van der Waals surface area contributed by atoms with Crippen LogP contribution in [0.3, 0.4) is 0 Å². The molecule has 0 aromatic heterocycles. The van der Waals surface area contributed by atoms with Crippen LogP contribution in [0.1, 0.15) is 6.42 Å². The number of carbonyl (C=O) groups is 4. The van der Waals surface area contributed by atoms with E-state index in [-0.39, 0.29) is 12.9 Å². The molecule has 2 N–H and O–H groups in total. The third-order valence-electron chi connectivity index (χ3n) is 1.62. The molecule has 0 aliphatic carbocycles. The van der Waals surface area contributed by atoms with Gasteiger partial charge in [-0.05, 0) is 0 Å². The first kappa shape index (κ1) is 14.8. The van der Waals surface area contributed by atoms with E-state index in [0.717, 1.165) is 4.90 Å². The first-order valence-corrected chi connectivity index (χ1v) is 4.33. The molecule has 0 aliphatic rings. The van der Waals surface area contributed by atoms with E-state index in [1.807, 2.05) is 0 Å². The van der Waals surface area contributed by atoms with E-state index in [1.54, 1.807) is 0 Å². The van der Waals surface area contributed by atoms with Gasteiger partial charge in [0.15, 0.2) is 6.23 Å². The molecular formula is C8H11NO8. The molecule has 0 spiro atoms. The molecule has 96 valence electrons. The Morgan fingerprint density at radius 3 is 2.24 bits per heavy atom. The molecular weight excluding hydrogens is 238 g/mol. The highest BCUT2D eigenvalue weighted by atomic mass is 16.6. The van der Waals surface area contributed by atoms with Crippen LogP contribution in [0.4, 0.5) is 0 Å². The SMILES string of the molecule is O=COCN(CC(=O)O)C(CC(=O)O)OC=O. The van der Waals surface area contributed by atoms with E-state index in [1.165, 1.54) is 0 Å². The minimum Gasteiger partial charge on any atom is -0.481 e. The van der Waals surface area contributed by atoms with Crippen LogP contribution in [0.15, 0.2) is 0 Å². The molecule has 0 heterocycles. The van der Waals surface area contributed by atoms with Crippen LogP contribution in [0.5, 0.6) is 0 Å². The van der Waals surface area contributed by atoms with Crippen LogP contribution in [0.2, 0.25) is 0 Å². The number of hydrogen-bond acceptors (Lipinski definition) is 7. The summed E-state index contributed by atoms with van der Waals surface area (Å²) in [4.78, 5) is 42.0. The van der Waals surface area contributed by atoms with E-state index < -0.39 is 37.9 Å². The second kappa shape index (κ2) is 8.05. The molecule has 17 heavy (non-hydrogen) atoms. The number of carbonyl (C=O) groups excluding carboxylic acids is 2. The van der Waals surface area contributed by atoms with Crippen molar-refractivity contribution in [2.75, 3.05) is 13.3 Å². The largest absolute Gasteiger partial charge is 0.481 e. The van der Waals surface area contributed by atoms with Gasteiger partial charge in [-0.2, -0.15) is 0 Å². The molecule has 9 heteroatoms. The fourth-order valence-electron chi connectivity index (χ4n) is 1.01. The van der Waals surface area contributed by atoms with E-state index in [4.69, 9.17) is 10.2 Å². The van der Waals surface area contributed by atoms with Gasteiger partial charge in [0.05, 0.1) is 6.42 Å². The summed E-state index contributed by atoms with van der Waals surface area (Å²) in [7, 11) is 0. The first-order valence-electron chi connectivity index (χ1n) is 4.33. The zero-order valence-corrected chi connectivity index (χ0v) is 8.64. The predicted molar refractivity (Wildman–Crippen MR) is 49.5 cm³/mol. The molecule has 0 radical (unpaired) electrons. The first-order chi connectivity index (χ1) is 8.01. The number of carboxylic acids is 2. The summed E-state index contributed by atoms with van der Waals surface area (Å²) in [5.41, 5.74) is 0. The summed E-state index contributed by atoms with van der Waals surface area (Å²) in [5, 5.41) is 17.1. The number of ether oxygens (including phenoxy) is 2. The highest BCUT2D eigenvalue weighted by Gasteiger charge is 2.25. The Morgan fingerprint density at radius 1 is 1.18 bits per heavy atom. The van der Waals surface area contributed by atoms with Crippen LogP contribution >= 0.6 is 0 Å². The zero-order valence-electron chi connectivity index (χ0n) is 8.64. The van der Waals surface area contributed by atoms with E-state index in [9.17, 15) is 19.2 Å². The van der Waals surface area contributed by atoms with Crippen LogP contribution in [-0.2, 0) is 28.7 Å². The third-order valence-corrected chi connectivity index (χ3v) is 1.62. The van der Waals surface area contributed by atoms with Crippen LogP contribution < -0.4 is 0 Å². The second-order valence-corrected chi connectivity index (χ2v) is 2.82. The quantitative estimate of drug-likeness (QED) is 0.350. The Hall–Kier alpha value is -2.16. The molecule has 0 bridgehead atoms. The molecule has 0 saturated heterocycles. The summed E-state index contributed by atoms with van der Waals surface area (Å²) >= 11 is 0. The van der Waals surface area contributed by atoms with Gasteiger partial charge in [-0.25, -0.2) is 4.90 Å². The van der Waals surface area contributed by atoms with Crippen molar-refractivity contribution in [3.8, 4) is 0 Å². The van der Waals surface area contributed by atoms with Crippen molar-refractivity contribution in [3.63, 3.8) is 0 Å². The maximum atomic E-state index is 10.5. The fraction of sp³-hybridized carbons (Fsp3) is 0.500. The Kier molecular flexibility index (Phi) is 7.02. The molecule has 1 atom stereocenters. The molecule has 0 amide bonds. The van der Waals surface area contributed by atoms with Crippen molar-refractivity contribution in [2.24, 2.45) is 0 Å². The highest BCUT2D eigenvalue weighted by Crippen LogP contribution is 2.05. The number of hydrogen-bond donors (Lipinski definition) is 2. The molecule has 0 aromatic carbocycles. The van der Waals surface area contributed by atoms with Gasteiger partial charge >= 0.3 is 11.9 Å². The Morgan fingerprint density at radius 2 is 1.82 bits per heavy atom. The summed E-state index contributed by atoms with van der Waals surface area (Å²) < 4.78 is 8.72. The van der Waals surface area contributed by atoms with Gasteiger partial charge in [0.1, 0.15) is 13.3 Å². The normalized spacial score (nSPS) is 11.6. The van der Waals surface area contributed by atoms with Crippen molar-refractivity contribution in [1.29, 1.82) is 0 Å². The summed E-state index contributed by atoms with van der Waals surface area (Å²) in [6.07, 6.45) is -1.95. The lowest BCUT2D eigenvalue weighted by atomic mass is 10.3. The van der Waals surface area contributed by atoms with Crippen LogP contribution in [0.25, 0.3) is 0 Å². The minimum absolute atomic E-state index is 0.0105. The van der Waals surface area contributed by atoms with E-state index in [0.29, 0.717) is 0 Å². The third kappa shape index (κ3) is 6.84. The van der Waals surface area contributed by atoms with Crippen LogP contribution in [0, 0.1) is 0 Å². The summed E-state index contributed by atoms with van der Waals surface area (Å²) in [6.45, 7) is -1.09. The monoisotopic (exact) mass is 249 g/mol.